The number of esters is 1. The van der Waals surface area contributed by atoms with E-state index >= 15 is 0 Å². The Labute approximate surface area is 199 Å². The average molecular weight is 489 g/mol. The molecule has 9 nitrogen and oxygen atoms in total. The maximum atomic E-state index is 13.3. The molecule has 4 rings (SSSR count). The second-order valence-electron chi connectivity index (χ2n) is 8.34. The Morgan fingerprint density at radius 3 is 2.56 bits per heavy atom. The van der Waals surface area contributed by atoms with Gasteiger partial charge in [-0.1, -0.05) is 30.3 Å². The first-order valence-electron chi connectivity index (χ1n) is 11.2. The van der Waals surface area contributed by atoms with Crippen molar-refractivity contribution in [1.82, 2.24) is 9.21 Å². The van der Waals surface area contributed by atoms with Crippen molar-refractivity contribution in [3.63, 3.8) is 0 Å². The summed E-state index contributed by atoms with van der Waals surface area (Å²) in [5, 5.41) is 0. The van der Waals surface area contributed by atoms with Gasteiger partial charge in [0.25, 0.3) is 5.91 Å². The van der Waals surface area contributed by atoms with Crippen LogP contribution in [-0.4, -0.2) is 68.5 Å². The SMILES string of the molecule is C[C@H](OC(=O)[C@H]1CCCN1S(=O)(=O)c1ccc2c(c1)OCCO2)C(=O)N(C)Cc1ccccc1. The fraction of sp³-hybridized carbons (Fsp3) is 0.417. The van der Waals surface area contributed by atoms with Crippen molar-refractivity contribution in [2.45, 2.75) is 43.4 Å². The first-order valence-corrected chi connectivity index (χ1v) is 12.6. The first-order chi connectivity index (χ1) is 16.3. The molecule has 0 bridgehead atoms. The Bertz CT molecular complexity index is 1150. The van der Waals surface area contributed by atoms with Crippen LogP contribution in [0, 0.1) is 0 Å². The monoisotopic (exact) mass is 488 g/mol. The number of amides is 1. The number of hydrogen-bond acceptors (Lipinski definition) is 7. The molecule has 2 atom stereocenters. The molecule has 34 heavy (non-hydrogen) atoms. The van der Waals surface area contributed by atoms with E-state index < -0.39 is 28.1 Å². The van der Waals surface area contributed by atoms with Gasteiger partial charge in [-0.15, -0.1) is 0 Å². The molecule has 1 saturated heterocycles. The second-order valence-corrected chi connectivity index (χ2v) is 10.2. The summed E-state index contributed by atoms with van der Waals surface area (Å²) >= 11 is 0. The number of rotatable bonds is 7. The van der Waals surface area contributed by atoms with Crippen molar-refractivity contribution < 1.29 is 32.2 Å². The summed E-state index contributed by atoms with van der Waals surface area (Å²) in [4.78, 5) is 27.1. The lowest BCUT2D eigenvalue weighted by Gasteiger charge is -2.26. The molecule has 0 N–H and O–H groups in total. The lowest BCUT2D eigenvalue weighted by Crippen LogP contribution is -2.44. The number of carbonyl (C=O) groups excluding carboxylic acids is 2. The molecule has 0 radical (unpaired) electrons. The van der Waals surface area contributed by atoms with E-state index in [4.69, 9.17) is 14.2 Å². The summed E-state index contributed by atoms with van der Waals surface area (Å²) in [5.41, 5.74) is 0.948. The molecular weight excluding hydrogens is 460 g/mol. The van der Waals surface area contributed by atoms with Crippen molar-refractivity contribution >= 4 is 21.9 Å². The third kappa shape index (κ3) is 5.02. The zero-order valence-corrected chi connectivity index (χ0v) is 20.0. The summed E-state index contributed by atoms with van der Waals surface area (Å²) in [6, 6.07) is 12.9. The molecule has 0 saturated carbocycles. The van der Waals surface area contributed by atoms with E-state index in [2.05, 4.69) is 0 Å². The quantitative estimate of drug-likeness (QED) is 0.551. The van der Waals surface area contributed by atoms with E-state index in [0.29, 0.717) is 44.1 Å². The van der Waals surface area contributed by atoms with E-state index in [-0.39, 0.29) is 17.3 Å². The maximum absolute atomic E-state index is 13.3. The molecule has 0 aliphatic carbocycles. The molecule has 2 aliphatic heterocycles. The highest BCUT2D eigenvalue weighted by Crippen LogP contribution is 2.35. The van der Waals surface area contributed by atoms with Gasteiger partial charge in [-0.25, -0.2) is 8.42 Å². The van der Waals surface area contributed by atoms with Crippen LogP contribution in [0.15, 0.2) is 53.4 Å². The van der Waals surface area contributed by atoms with Gasteiger partial charge in [0.15, 0.2) is 17.6 Å². The molecule has 1 amide bonds. The molecule has 2 aliphatic rings. The van der Waals surface area contributed by atoms with E-state index in [1.54, 1.807) is 13.1 Å². The Kier molecular flexibility index (Phi) is 7.08. The van der Waals surface area contributed by atoms with Gasteiger partial charge >= 0.3 is 5.97 Å². The number of benzene rings is 2. The fourth-order valence-corrected chi connectivity index (χ4v) is 5.79. The number of nitrogens with zero attached hydrogens (tertiary/aromatic N) is 2. The normalized spacial score (nSPS) is 18.8. The standard InChI is InChI=1S/C24H28N2O7S/c1-17(23(27)25(2)16-18-7-4-3-5-8-18)33-24(28)20-9-6-12-26(20)34(29,30)19-10-11-21-22(15-19)32-14-13-31-21/h3-5,7-8,10-11,15,17,20H,6,9,12-14,16H2,1-2H3/t17-,20+/m0/s1. The number of likely N-dealkylation sites (N-methyl/N-ethyl adjacent to an activating group) is 1. The second kappa shape index (κ2) is 10.0. The maximum Gasteiger partial charge on any atom is 0.325 e. The third-order valence-electron chi connectivity index (χ3n) is 5.88. The predicted molar refractivity (Wildman–Crippen MR) is 123 cm³/mol. The van der Waals surface area contributed by atoms with E-state index in [1.165, 1.54) is 24.0 Å². The molecule has 2 aromatic rings. The largest absolute Gasteiger partial charge is 0.486 e. The van der Waals surface area contributed by atoms with Crippen molar-refractivity contribution in [2.75, 3.05) is 26.8 Å². The Hall–Kier alpha value is -3.11. The van der Waals surface area contributed by atoms with E-state index in [9.17, 15) is 18.0 Å². The molecule has 0 unspecified atom stereocenters. The summed E-state index contributed by atoms with van der Waals surface area (Å²) in [6.07, 6.45) is -0.205. The van der Waals surface area contributed by atoms with Crippen molar-refractivity contribution in [3.8, 4) is 11.5 Å². The number of carbonyl (C=O) groups is 2. The predicted octanol–water partition coefficient (Wildman–Crippen LogP) is 2.20. The molecule has 2 heterocycles. The molecule has 0 aromatic heterocycles. The van der Waals surface area contributed by atoms with Crippen LogP contribution in [0.4, 0.5) is 0 Å². The summed E-state index contributed by atoms with van der Waals surface area (Å²) in [6.45, 7) is 2.79. The van der Waals surface area contributed by atoms with Crippen LogP contribution >= 0.6 is 0 Å². The van der Waals surface area contributed by atoms with Crippen molar-refractivity contribution in [3.05, 3.63) is 54.1 Å². The minimum Gasteiger partial charge on any atom is -0.486 e. The highest BCUT2D eigenvalue weighted by Gasteiger charge is 2.41. The average Bonchev–Trinajstić information content (AvgIpc) is 3.35. The lowest BCUT2D eigenvalue weighted by atomic mass is 10.2. The topological polar surface area (TPSA) is 102 Å². The van der Waals surface area contributed by atoms with Gasteiger partial charge in [-0.05, 0) is 37.5 Å². The molecule has 10 heteroatoms. The Morgan fingerprint density at radius 1 is 1.12 bits per heavy atom. The molecule has 0 spiro atoms. The van der Waals surface area contributed by atoms with Crippen LogP contribution < -0.4 is 9.47 Å². The fourth-order valence-electron chi connectivity index (χ4n) is 4.13. The minimum atomic E-state index is -3.98. The third-order valence-corrected chi connectivity index (χ3v) is 7.78. The number of fused-ring (bicyclic) bond motifs is 1. The molecule has 1 fully saturated rings. The number of sulfonamides is 1. The van der Waals surface area contributed by atoms with Gasteiger partial charge in [0.1, 0.15) is 19.3 Å². The van der Waals surface area contributed by atoms with Crippen LogP contribution in [0.2, 0.25) is 0 Å². The van der Waals surface area contributed by atoms with Crippen LogP contribution in [-0.2, 0) is 30.9 Å². The summed E-state index contributed by atoms with van der Waals surface area (Å²) in [7, 11) is -2.35. The number of hydrogen-bond donors (Lipinski definition) is 0. The van der Waals surface area contributed by atoms with Gasteiger partial charge in [0, 0.05) is 26.2 Å². The first kappa shape index (κ1) is 24.0. The van der Waals surface area contributed by atoms with Crippen molar-refractivity contribution in [2.24, 2.45) is 0 Å². The molecular formula is C24H28N2O7S. The van der Waals surface area contributed by atoms with E-state index in [1.807, 2.05) is 30.3 Å². The van der Waals surface area contributed by atoms with Gasteiger partial charge in [0.05, 0.1) is 4.90 Å². The minimum absolute atomic E-state index is 0.0168. The van der Waals surface area contributed by atoms with Gasteiger partial charge in [0.2, 0.25) is 10.0 Å². The molecule has 2 aromatic carbocycles. The highest BCUT2D eigenvalue weighted by molar-refractivity contribution is 7.89. The summed E-state index contributed by atoms with van der Waals surface area (Å²) < 4.78 is 44.1. The van der Waals surface area contributed by atoms with Crippen LogP contribution in [0.1, 0.15) is 25.3 Å². The molecule has 182 valence electrons. The lowest BCUT2D eigenvalue weighted by molar-refractivity contribution is -0.161. The zero-order chi connectivity index (χ0) is 24.3. The van der Waals surface area contributed by atoms with Crippen LogP contribution in [0.3, 0.4) is 0 Å². The van der Waals surface area contributed by atoms with Gasteiger partial charge in [-0.3, -0.25) is 9.59 Å². The highest BCUT2D eigenvalue weighted by atomic mass is 32.2. The van der Waals surface area contributed by atoms with Crippen LogP contribution in [0.5, 0.6) is 11.5 Å². The zero-order valence-electron chi connectivity index (χ0n) is 19.2. The Morgan fingerprint density at radius 2 is 1.82 bits per heavy atom. The smallest absolute Gasteiger partial charge is 0.325 e. The number of ether oxygens (including phenoxy) is 3. The Balaban J connectivity index is 1.43. The van der Waals surface area contributed by atoms with Gasteiger partial charge < -0.3 is 19.1 Å². The van der Waals surface area contributed by atoms with Crippen molar-refractivity contribution in [1.29, 1.82) is 0 Å². The van der Waals surface area contributed by atoms with Crippen LogP contribution in [0.25, 0.3) is 0 Å². The summed E-state index contributed by atoms with van der Waals surface area (Å²) in [5.74, 6) is -0.259. The van der Waals surface area contributed by atoms with Gasteiger partial charge in [-0.2, -0.15) is 4.31 Å². The van der Waals surface area contributed by atoms with E-state index in [0.717, 1.165) is 9.87 Å².